The smallest absolute Gasteiger partial charge is 0.123 e. The highest BCUT2D eigenvalue weighted by molar-refractivity contribution is 7.99. The molecule has 0 radical (unpaired) electrons. The molecule has 2 N–H and O–H groups in total. The molecule has 0 aliphatic carbocycles. The van der Waals surface area contributed by atoms with Crippen LogP contribution in [-0.2, 0) is 0 Å². The lowest BCUT2D eigenvalue weighted by Gasteiger charge is -2.27. The van der Waals surface area contributed by atoms with Crippen molar-refractivity contribution in [1.82, 2.24) is 5.32 Å². The zero-order valence-corrected chi connectivity index (χ0v) is 11.5. The zero-order chi connectivity index (χ0) is 13.0. The van der Waals surface area contributed by atoms with Crippen molar-refractivity contribution in [1.29, 1.82) is 0 Å². The van der Waals surface area contributed by atoms with Crippen molar-refractivity contribution in [3.63, 3.8) is 0 Å². The van der Waals surface area contributed by atoms with Crippen LogP contribution in [0.25, 0.3) is 0 Å². The lowest BCUT2D eigenvalue weighted by molar-refractivity contribution is 0.155. The third-order valence-electron chi connectivity index (χ3n) is 3.23. The molecule has 18 heavy (non-hydrogen) atoms. The minimum atomic E-state index is -0.304. The van der Waals surface area contributed by atoms with Crippen molar-refractivity contribution in [2.45, 2.75) is 43.2 Å². The van der Waals surface area contributed by atoms with E-state index in [1.165, 1.54) is 6.07 Å². The van der Waals surface area contributed by atoms with Crippen LogP contribution >= 0.6 is 11.8 Å². The lowest BCUT2D eigenvalue weighted by atomic mass is 10.0. The van der Waals surface area contributed by atoms with Crippen LogP contribution in [0.4, 0.5) is 4.39 Å². The van der Waals surface area contributed by atoms with Crippen molar-refractivity contribution < 1.29 is 9.50 Å². The zero-order valence-electron chi connectivity index (χ0n) is 10.7. The highest BCUT2D eigenvalue weighted by Gasteiger charge is 2.21. The summed E-state index contributed by atoms with van der Waals surface area (Å²) in [6.07, 6.45) is 2.47. The molecular weight excluding hydrogens is 249 g/mol. The van der Waals surface area contributed by atoms with E-state index in [0.29, 0.717) is 6.54 Å². The van der Waals surface area contributed by atoms with Crippen LogP contribution in [0.3, 0.4) is 0 Å². The van der Waals surface area contributed by atoms with Crippen LogP contribution in [0.2, 0.25) is 0 Å². The first kappa shape index (κ1) is 13.8. The summed E-state index contributed by atoms with van der Waals surface area (Å²) in [5.74, 6) is 0.859. The maximum absolute atomic E-state index is 13.3. The molecule has 100 valence electrons. The Balaban J connectivity index is 2.01. The first-order chi connectivity index (χ1) is 8.70. The molecule has 1 aromatic rings. The number of hydrogen-bond donors (Lipinski definition) is 2. The van der Waals surface area contributed by atoms with E-state index in [2.05, 4.69) is 12.2 Å². The standard InChI is InChI=1S/C14H20FNOS/c1-2-3-11(17)9-16-13-6-7-18-14-5-4-10(15)8-12(13)14/h4-5,8,11,13,16-17H,2-3,6-7,9H2,1H3. The fraction of sp³-hybridized carbons (Fsp3) is 0.571. The maximum Gasteiger partial charge on any atom is 0.123 e. The molecule has 1 aliphatic heterocycles. The Morgan fingerprint density at radius 3 is 3.17 bits per heavy atom. The number of halogens is 1. The molecule has 4 heteroatoms. The van der Waals surface area contributed by atoms with Crippen LogP contribution in [0.1, 0.15) is 37.8 Å². The van der Waals surface area contributed by atoms with Gasteiger partial charge in [0, 0.05) is 17.5 Å². The predicted octanol–water partition coefficient (Wildman–Crippen LogP) is 3.11. The van der Waals surface area contributed by atoms with Gasteiger partial charge in [-0.2, -0.15) is 0 Å². The quantitative estimate of drug-likeness (QED) is 0.861. The van der Waals surface area contributed by atoms with Crippen LogP contribution in [0, 0.1) is 5.82 Å². The Kier molecular flexibility index (Phi) is 5.03. The Bertz CT molecular complexity index is 399. The number of hydrogen-bond acceptors (Lipinski definition) is 3. The summed E-state index contributed by atoms with van der Waals surface area (Å²) in [6.45, 7) is 2.64. The third-order valence-corrected chi connectivity index (χ3v) is 4.36. The number of rotatable bonds is 5. The number of nitrogens with one attached hydrogen (secondary N) is 1. The van der Waals surface area contributed by atoms with Gasteiger partial charge in [0.15, 0.2) is 0 Å². The molecule has 2 unspecified atom stereocenters. The second kappa shape index (κ2) is 6.55. The summed E-state index contributed by atoms with van der Waals surface area (Å²) in [7, 11) is 0. The lowest BCUT2D eigenvalue weighted by Crippen LogP contribution is -2.32. The third kappa shape index (κ3) is 3.46. The summed E-state index contributed by atoms with van der Waals surface area (Å²) in [5, 5.41) is 13.1. The monoisotopic (exact) mass is 269 g/mol. The van der Waals surface area contributed by atoms with Crippen molar-refractivity contribution in [2.75, 3.05) is 12.3 Å². The first-order valence-electron chi connectivity index (χ1n) is 6.54. The van der Waals surface area contributed by atoms with E-state index in [-0.39, 0.29) is 18.0 Å². The van der Waals surface area contributed by atoms with Gasteiger partial charge in [-0.05, 0) is 42.4 Å². The van der Waals surface area contributed by atoms with Crippen LogP contribution in [0.5, 0.6) is 0 Å². The van der Waals surface area contributed by atoms with Gasteiger partial charge in [-0.25, -0.2) is 4.39 Å². The van der Waals surface area contributed by atoms with E-state index in [1.54, 1.807) is 17.8 Å². The number of aliphatic hydroxyl groups is 1. The molecule has 0 saturated heterocycles. The Morgan fingerprint density at radius 2 is 2.39 bits per heavy atom. The predicted molar refractivity (Wildman–Crippen MR) is 73.4 cm³/mol. The minimum Gasteiger partial charge on any atom is -0.392 e. The summed E-state index contributed by atoms with van der Waals surface area (Å²) < 4.78 is 13.3. The average Bonchev–Trinajstić information content (AvgIpc) is 2.36. The van der Waals surface area contributed by atoms with Crippen LogP contribution in [0.15, 0.2) is 23.1 Å². The Morgan fingerprint density at radius 1 is 1.56 bits per heavy atom. The fourth-order valence-electron chi connectivity index (χ4n) is 2.29. The van der Waals surface area contributed by atoms with E-state index in [0.717, 1.165) is 35.5 Å². The van der Waals surface area contributed by atoms with E-state index in [1.807, 2.05) is 6.07 Å². The summed E-state index contributed by atoms with van der Waals surface area (Å²) in [6, 6.07) is 5.15. The minimum absolute atomic E-state index is 0.170. The largest absolute Gasteiger partial charge is 0.392 e. The fourth-order valence-corrected chi connectivity index (χ4v) is 3.40. The van der Waals surface area contributed by atoms with Crippen LogP contribution < -0.4 is 5.32 Å². The van der Waals surface area contributed by atoms with Gasteiger partial charge in [-0.1, -0.05) is 13.3 Å². The van der Waals surface area contributed by atoms with Crippen molar-refractivity contribution in [3.8, 4) is 0 Å². The van der Waals surface area contributed by atoms with Gasteiger partial charge in [0.1, 0.15) is 5.82 Å². The molecule has 1 aliphatic rings. The topological polar surface area (TPSA) is 32.3 Å². The first-order valence-corrected chi connectivity index (χ1v) is 7.53. The molecule has 0 spiro atoms. The van der Waals surface area contributed by atoms with E-state index >= 15 is 0 Å². The Hall–Kier alpha value is -0.580. The van der Waals surface area contributed by atoms with E-state index < -0.39 is 0 Å². The molecule has 0 saturated carbocycles. The SMILES string of the molecule is CCCC(O)CNC1CCSc2ccc(F)cc21. The van der Waals surface area contributed by atoms with Crippen LogP contribution in [-0.4, -0.2) is 23.5 Å². The van der Waals surface area contributed by atoms with Gasteiger partial charge in [-0.15, -0.1) is 11.8 Å². The normalized spacial score (nSPS) is 20.5. The number of fused-ring (bicyclic) bond motifs is 1. The maximum atomic E-state index is 13.3. The molecular formula is C14H20FNOS. The number of aliphatic hydroxyl groups excluding tert-OH is 1. The molecule has 2 rings (SSSR count). The molecule has 1 heterocycles. The Labute approximate surface area is 112 Å². The summed E-state index contributed by atoms with van der Waals surface area (Å²) in [5.41, 5.74) is 1.04. The van der Waals surface area contributed by atoms with Crippen molar-refractivity contribution in [3.05, 3.63) is 29.6 Å². The second-order valence-electron chi connectivity index (χ2n) is 4.72. The highest BCUT2D eigenvalue weighted by atomic mass is 32.2. The second-order valence-corrected chi connectivity index (χ2v) is 5.86. The average molecular weight is 269 g/mol. The summed E-state index contributed by atoms with van der Waals surface area (Å²) >= 11 is 1.78. The highest BCUT2D eigenvalue weighted by Crippen LogP contribution is 2.36. The number of benzene rings is 1. The molecule has 1 aromatic carbocycles. The molecule has 2 nitrogen and oxygen atoms in total. The van der Waals surface area contributed by atoms with Gasteiger partial charge < -0.3 is 10.4 Å². The van der Waals surface area contributed by atoms with Crippen molar-refractivity contribution >= 4 is 11.8 Å². The molecule has 0 bridgehead atoms. The van der Waals surface area contributed by atoms with Gasteiger partial charge in [-0.3, -0.25) is 0 Å². The molecule has 0 aromatic heterocycles. The van der Waals surface area contributed by atoms with Gasteiger partial charge in [0.25, 0.3) is 0 Å². The number of thioether (sulfide) groups is 1. The molecule has 0 fully saturated rings. The van der Waals surface area contributed by atoms with Gasteiger partial charge >= 0.3 is 0 Å². The van der Waals surface area contributed by atoms with E-state index in [4.69, 9.17) is 0 Å². The summed E-state index contributed by atoms with van der Waals surface area (Å²) in [4.78, 5) is 1.16. The van der Waals surface area contributed by atoms with E-state index in [9.17, 15) is 9.50 Å². The van der Waals surface area contributed by atoms with Crippen molar-refractivity contribution in [2.24, 2.45) is 0 Å². The molecule has 0 amide bonds. The van der Waals surface area contributed by atoms with Gasteiger partial charge in [0.05, 0.1) is 6.10 Å². The molecule has 2 atom stereocenters. The van der Waals surface area contributed by atoms with Gasteiger partial charge in [0.2, 0.25) is 0 Å².